The molecule has 0 saturated heterocycles. The summed E-state index contributed by atoms with van der Waals surface area (Å²) in [5.41, 5.74) is 4.31. The number of esters is 1. The average molecular weight is 292 g/mol. The van der Waals surface area contributed by atoms with Crippen molar-refractivity contribution < 1.29 is 9.53 Å². The van der Waals surface area contributed by atoms with Gasteiger partial charge in [0.15, 0.2) is 5.69 Å². The zero-order valence-corrected chi connectivity index (χ0v) is 12.1. The van der Waals surface area contributed by atoms with Gasteiger partial charge in [-0.15, -0.1) is 11.3 Å². The summed E-state index contributed by atoms with van der Waals surface area (Å²) in [6.07, 6.45) is 3.80. The van der Waals surface area contributed by atoms with Crippen LogP contribution in [-0.2, 0) is 24.1 Å². The van der Waals surface area contributed by atoms with Crippen molar-refractivity contribution in [2.24, 2.45) is 0 Å². The third-order valence-corrected chi connectivity index (χ3v) is 4.39. The fourth-order valence-electron chi connectivity index (χ4n) is 2.44. The number of aromatic nitrogens is 3. The maximum atomic E-state index is 11.7. The number of nitrogens with zero attached hydrogens (tertiary/aromatic N) is 3. The Balaban J connectivity index is 1.67. The first-order valence-corrected chi connectivity index (χ1v) is 7.40. The van der Waals surface area contributed by atoms with E-state index in [1.807, 2.05) is 11.7 Å². The van der Waals surface area contributed by atoms with E-state index in [4.69, 9.17) is 4.74 Å². The van der Waals surface area contributed by atoms with Crippen molar-refractivity contribution in [3.8, 4) is 0 Å². The van der Waals surface area contributed by atoms with E-state index in [0.717, 1.165) is 43.7 Å². The molecule has 0 unspecified atom stereocenters. The molecule has 0 aliphatic carbocycles. The fourth-order valence-corrected chi connectivity index (χ4v) is 3.03. The largest absolute Gasteiger partial charge is 0.464 e. The standard InChI is InChI=1S/C13H16N4O2S/c1-19-13(18)12-10-7-17(5-3-11(10)15-16-12)4-2-9-6-14-8-20-9/h6,8H,2-5,7H2,1H3,(H,15,16). The lowest BCUT2D eigenvalue weighted by atomic mass is 10.1. The smallest absolute Gasteiger partial charge is 0.358 e. The van der Waals surface area contributed by atoms with E-state index in [1.165, 1.54) is 12.0 Å². The zero-order chi connectivity index (χ0) is 13.9. The SMILES string of the molecule is COC(=O)c1n[nH]c2c1CN(CCc1cncs1)CC2. The van der Waals surface area contributed by atoms with Crippen LogP contribution in [0.5, 0.6) is 0 Å². The van der Waals surface area contributed by atoms with Crippen molar-refractivity contribution in [2.45, 2.75) is 19.4 Å². The molecule has 0 atom stereocenters. The minimum atomic E-state index is -0.369. The first kappa shape index (κ1) is 13.3. The Morgan fingerprint density at radius 2 is 2.50 bits per heavy atom. The van der Waals surface area contributed by atoms with Crippen LogP contribution in [0, 0.1) is 0 Å². The number of thiazole rings is 1. The molecule has 0 bridgehead atoms. The molecule has 1 aliphatic rings. The van der Waals surface area contributed by atoms with Gasteiger partial charge < -0.3 is 4.74 Å². The number of hydrogen-bond donors (Lipinski definition) is 1. The molecule has 7 heteroatoms. The number of carbonyl (C=O) groups is 1. The molecule has 3 heterocycles. The van der Waals surface area contributed by atoms with E-state index >= 15 is 0 Å². The van der Waals surface area contributed by atoms with E-state index < -0.39 is 0 Å². The zero-order valence-electron chi connectivity index (χ0n) is 11.3. The molecule has 2 aromatic heterocycles. The van der Waals surface area contributed by atoms with Crippen molar-refractivity contribution in [3.63, 3.8) is 0 Å². The van der Waals surface area contributed by atoms with Crippen LogP contribution in [-0.4, -0.2) is 46.2 Å². The molecular formula is C13H16N4O2S. The Morgan fingerprint density at radius 3 is 3.25 bits per heavy atom. The number of fused-ring (bicyclic) bond motifs is 1. The van der Waals surface area contributed by atoms with Crippen molar-refractivity contribution >= 4 is 17.3 Å². The third kappa shape index (κ3) is 2.59. The Morgan fingerprint density at radius 1 is 1.60 bits per heavy atom. The maximum absolute atomic E-state index is 11.7. The molecule has 3 rings (SSSR count). The Bertz CT molecular complexity index is 594. The van der Waals surface area contributed by atoms with E-state index in [-0.39, 0.29) is 5.97 Å². The van der Waals surface area contributed by atoms with Gasteiger partial charge in [-0.25, -0.2) is 4.79 Å². The van der Waals surface area contributed by atoms with Crippen LogP contribution < -0.4 is 0 Å². The summed E-state index contributed by atoms with van der Waals surface area (Å²) in [6.45, 7) is 2.69. The van der Waals surface area contributed by atoms with Gasteiger partial charge in [-0.3, -0.25) is 15.0 Å². The van der Waals surface area contributed by atoms with Gasteiger partial charge in [-0.2, -0.15) is 5.10 Å². The van der Waals surface area contributed by atoms with E-state index in [1.54, 1.807) is 11.3 Å². The highest BCUT2D eigenvalue weighted by Crippen LogP contribution is 2.21. The number of methoxy groups -OCH3 is 1. The summed E-state index contributed by atoms with van der Waals surface area (Å²) in [6, 6.07) is 0. The summed E-state index contributed by atoms with van der Waals surface area (Å²) < 4.78 is 4.77. The Kier molecular flexibility index (Phi) is 3.79. The quantitative estimate of drug-likeness (QED) is 0.859. The van der Waals surface area contributed by atoms with Gasteiger partial charge in [0.05, 0.1) is 12.6 Å². The third-order valence-electron chi connectivity index (χ3n) is 3.55. The molecule has 6 nitrogen and oxygen atoms in total. The van der Waals surface area contributed by atoms with Gasteiger partial charge in [0.2, 0.25) is 0 Å². The number of H-pyrrole nitrogens is 1. The fraction of sp³-hybridized carbons (Fsp3) is 0.462. The second kappa shape index (κ2) is 5.72. The molecule has 2 aromatic rings. The number of hydrogen-bond acceptors (Lipinski definition) is 6. The van der Waals surface area contributed by atoms with Gasteiger partial charge in [0, 0.05) is 48.4 Å². The van der Waals surface area contributed by atoms with Crippen LogP contribution in [0.1, 0.15) is 26.6 Å². The number of nitrogens with one attached hydrogen (secondary N) is 1. The summed E-state index contributed by atoms with van der Waals surface area (Å²) >= 11 is 1.68. The molecule has 0 fully saturated rings. The molecule has 0 aromatic carbocycles. The van der Waals surface area contributed by atoms with Crippen LogP contribution in [0.3, 0.4) is 0 Å². The first-order valence-electron chi connectivity index (χ1n) is 6.52. The predicted octanol–water partition coefficient (Wildman–Crippen LogP) is 1.25. The van der Waals surface area contributed by atoms with Crippen LogP contribution in [0.2, 0.25) is 0 Å². The van der Waals surface area contributed by atoms with Crippen molar-refractivity contribution in [1.82, 2.24) is 20.1 Å². The molecule has 106 valence electrons. The Labute approximate surface area is 120 Å². The topological polar surface area (TPSA) is 71.1 Å². The predicted molar refractivity (Wildman–Crippen MR) is 74.7 cm³/mol. The monoisotopic (exact) mass is 292 g/mol. The van der Waals surface area contributed by atoms with Crippen LogP contribution >= 0.6 is 11.3 Å². The van der Waals surface area contributed by atoms with E-state index in [2.05, 4.69) is 20.1 Å². The molecule has 0 saturated carbocycles. The first-order chi connectivity index (χ1) is 9.78. The van der Waals surface area contributed by atoms with Crippen LogP contribution in [0.4, 0.5) is 0 Å². The van der Waals surface area contributed by atoms with Crippen molar-refractivity contribution in [2.75, 3.05) is 20.2 Å². The summed E-state index contributed by atoms with van der Waals surface area (Å²) in [5.74, 6) is -0.369. The molecular weight excluding hydrogens is 276 g/mol. The highest BCUT2D eigenvalue weighted by atomic mass is 32.1. The van der Waals surface area contributed by atoms with E-state index in [0.29, 0.717) is 5.69 Å². The molecule has 1 N–H and O–H groups in total. The number of aromatic amines is 1. The van der Waals surface area contributed by atoms with Crippen molar-refractivity contribution in [3.05, 3.63) is 33.5 Å². The second-order valence-corrected chi connectivity index (χ2v) is 5.74. The second-order valence-electron chi connectivity index (χ2n) is 4.76. The summed E-state index contributed by atoms with van der Waals surface area (Å²) in [7, 11) is 1.38. The number of ether oxygens (including phenoxy) is 1. The van der Waals surface area contributed by atoms with Crippen LogP contribution in [0.15, 0.2) is 11.7 Å². The van der Waals surface area contributed by atoms with E-state index in [9.17, 15) is 4.79 Å². The maximum Gasteiger partial charge on any atom is 0.358 e. The van der Waals surface area contributed by atoms with Gasteiger partial charge in [0.1, 0.15) is 0 Å². The van der Waals surface area contributed by atoms with Gasteiger partial charge in [-0.1, -0.05) is 0 Å². The lowest BCUT2D eigenvalue weighted by molar-refractivity contribution is 0.0591. The molecule has 0 spiro atoms. The highest BCUT2D eigenvalue weighted by Gasteiger charge is 2.25. The van der Waals surface area contributed by atoms with Crippen molar-refractivity contribution in [1.29, 1.82) is 0 Å². The van der Waals surface area contributed by atoms with Gasteiger partial charge in [-0.05, 0) is 6.42 Å². The number of rotatable bonds is 4. The average Bonchev–Trinajstić information content (AvgIpc) is 3.13. The lowest BCUT2D eigenvalue weighted by Crippen LogP contribution is -2.32. The molecule has 0 amide bonds. The summed E-state index contributed by atoms with van der Waals surface area (Å²) in [4.78, 5) is 19.4. The van der Waals surface area contributed by atoms with Gasteiger partial charge in [0.25, 0.3) is 0 Å². The molecule has 0 radical (unpaired) electrons. The van der Waals surface area contributed by atoms with Gasteiger partial charge >= 0.3 is 5.97 Å². The Hall–Kier alpha value is -1.73. The molecule has 1 aliphatic heterocycles. The minimum Gasteiger partial charge on any atom is -0.464 e. The van der Waals surface area contributed by atoms with Crippen LogP contribution in [0.25, 0.3) is 0 Å². The summed E-state index contributed by atoms with van der Waals surface area (Å²) in [5, 5.41) is 7.03. The lowest BCUT2D eigenvalue weighted by Gasteiger charge is -2.26. The minimum absolute atomic E-state index is 0.369. The number of carbonyl (C=O) groups excluding carboxylic acids is 1. The highest BCUT2D eigenvalue weighted by molar-refractivity contribution is 7.09. The molecule has 20 heavy (non-hydrogen) atoms. The normalized spacial score (nSPS) is 15.1.